The van der Waals surface area contributed by atoms with E-state index < -0.39 is 0 Å². The maximum atomic E-state index is 13.3. The van der Waals surface area contributed by atoms with Gasteiger partial charge in [0.25, 0.3) is 5.56 Å². The molecule has 4 nitrogen and oxygen atoms in total. The third-order valence-electron chi connectivity index (χ3n) is 3.94. The summed E-state index contributed by atoms with van der Waals surface area (Å²) in [6.45, 7) is 2.03. The van der Waals surface area contributed by atoms with Crippen LogP contribution in [-0.4, -0.2) is 16.1 Å². The Labute approximate surface area is 142 Å². The van der Waals surface area contributed by atoms with Gasteiger partial charge in [0.2, 0.25) is 0 Å². The van der Waals surface area contributed by atoms with Crippen LogP contribution in [0.4, 0.5) is 4.39 Å². The molecule has 0 saturated heterocycles. The van der Waals surface area contributed by atoms with E-state index in [0.29, 0.717) is 6.54 Å². The van der Waals surface area contributed by atoms with E-state index in [1.165, 1.54) is 17.0 Å². The van der Waals surface area contributed by atoms with Gasteiger partial charge >= 0.3 is 0 Å². The van der Waals surface area contributed by atoms with Gasteiger partial charge < -0.3 is 5.32 Å². The van der Waals surface area contributed by atoms with Crippen LogP contribution < -0.4 is 10.9 Å². The number of benzene rings is 1. The van der Waals surface area contributed by atoms with Crippen LogP contribution in [0, 0.1) is 5.82 Å². The highest BCUT2D eigenvalue weighted by Gasteiger charge is 2.19. The molecule has 0 radical (unpaired) electrons. The van der Waals surface area contributed by atoms with Crippen LogP contribution in [0.25, 0.3) is 10.2 Å². The lowest BCUT2D eigenvalue weighted by Gasteiger charge is -2.12. The number of halogens is 2. The molecule has 0 amide bonds. The van der Waals surface area contributed by atoms with Gasteiger partial charge in [0.05, 0.1) is 18.3 Å². The molecule has 0 bridgehead atoms. The first-order chi connectivity index (χ1) is 10.7. The molecule has 1 N–H and O–H groups in total. The van der Waals surface area contributed by atoms with Crippen molar-refractivity contribution in [3.05, 3.63) is 62.8 Å². The van der Waals surface area contributed by atoms with Crippen LogP contribution in [0.3, 0.4) is 0 Å². The van der Waals surface area contributed by atoms with Gasteiger partial charge in [0.1, 0.15) is 10.6 Å². The summed E-state index contributed by atoms with van der Waals surface area (Å²) < 4.78 is 14.9. The normalized spacial score (nSPS) is 13.6. The first-order valence-corrected chi connectivity index (χ1v) is 7.99. The molecular weight excluding hydrogens is 337 g/mol. The Kier molecular flexibility index (Phi) is 4.48. The van der Waals surface area contributed by atoms with Gasteiger partial charge in [0.15, 0.2) is 0 Å². The molecule has 0 aliphatic carbocycles. The van der Waals surface area contributed by atoms with Crippen molar-refractivity contribution >= 4 is 34.0 Å². The highest BCUT2D eigenvalue weighted by atomic mass is 35.5. The molecule has 7 heteroatoms. The molecule has 0 spiro atoms. The summed E-state index contributed by atoms with van der Waals surface area (Å²) in [5, 5.41) is 4.05. The van der Waals surface area contributed by atoms with Crippen LogP contribution in [-0.2, 0) is 19.5 Å². The van der Waals surface area contributed by atoms with E-state index in [4.69, 9.17) is 0 Å². The monoisotopic (exact) mass is 351 g/mol. The first kappa shape index (κ1) is 16.1. The summed E-state index contributed by atoms with van der Waals surface area (Å²) in [6, 6.07) is 6.31. The number of nitrogens with zero attached hydrogens (tertiary/aromatic N) is 2. The predicted octanol–water partition coefficient (Wildman–Crippen LogP) is 2.71. The van der Waals surface area contributed by atoms with E-state index in [9.17, 15) is 9.18 Å². The van der Waals surface area contributed by atoms with E-state index in [-0.39, 0.29) is 23.8 Å². The fourth-order valence-electron chi connectivity index (χ4n) is 2.89. The van der Waals surface area contributed by atoms with Crippen molar-refractivity contribution in [3.63, 3.8) is 0 Å². The lowest BCUT2D eigenvalue weighted by molar-refractivity contribution is 0.622. The van der Waals surface area contributed by atoms with E-state index in [0.717, 1.165) is 40.9 Å². The topological polar surface area (TPSA) is 46.9 Å². The summed E-state index contributed by atoms with van der Waals surface area (Å²) >= 11 is 1.58. The molecule has 120 valence electrons. The lowest BCUT2D eigenvalue weighted by atomic mass is 10.1. The van der Waals surface area contributed by atoms with E-state index in [1.54, 1.807) is 28.3 Å². The Morgan fingerprint density at radius 3 is 3.09 bits per heavy atom. The molecule has 0 fully saturated rings. The average Bonchev–Trinajstić information content (AvgIpc) is 2.89. The predicted molar refractivity (Wildman–Crippen MR) is 92.0 cm³/mol. The van der Waals surface area contributed by atoms with Crippen molar-refractivity contribution < 1.29 is 4.39 Å². The van der Waals surface area contributed by atoms with Crippen molar-refractivity contribution in [1.29, 1.82) is 0 Å². The van der Waals surface area contributed by atoms with E-state index in [2.05, 4.69) is 10.3 Å². The van der Waals surface area contributed by atoms with Crippen LogP contribution >= 0.6 is 23.7 Å². The standard InChI is InChI=1S/C16H14FN3OS.ClH/c17-11-3-1-2-10(6-11)8-20-9-19-15-14(16(20)21)12-4-5-18-7-13(12)22-15;/h1-3,6,9,18H,4-5,7-8H2;1H. The van der Waals surface area contributed by atoms with E-state index in [1.807, 2.05) is 6.07 Å². The molecule has 23 heavy (non-hydrogen) atoms. The maximum Gasteiger partial charge on any atom is 0.262 e. The number of hydrogen-bond acceptors (Lipinski definition) is 4. The fraction of sp³-hybridized carbons (Fsp3) is 0.250. The first-order valence-electron chi connectivity index (χ1n) is 7.17. The number of nitrogens with one attached hydrogen (secondary N) is 1. The quantitative estimate of drug-likeness (QED) is 0.772. The number of thiophene rings is 1. The zero-order valence-corrected chi connectivity index (χ0v) is 13.8. The molecule has 4 rings (SSSR count). The van der Waals surface area contributed by atoms with E-state index >= 15 is 0 Å². The minimum Gasteiger partial charge on any atom is -0.312 e. The molecular formula is C16H15ClFN3OS. The summed E-state index contributed by atoms with van der Waals surface area (Å²) in [4.78, 5) is 19.2. The van der Waals surface area contributed by atoms with Crippen molar-refractivity contribution in [1.82, 2.24) is 14.9 Å². The number of fused-ring (bicyclic) bond motifs is 3. The summed E-state index contributed by atoms with van der Waals surface area (Å²) in [7, 11) is 0. The zero-order valence-electron chi connectivity index (χ0n) is 12.2. The third-order valence-corrected chi connectivity index (χ3v) is 5.08. The smallest absolute Gasteiger partial charge is 0.262 e. The number of hydrogen-bond donors (Lipinski definition) is 1. The second kappa shape index (κ2) is 6.39. The second-order valence-electron chi connectivity index (χ2n) is 5.42. The molecule has 0 atom stereocenters. The molecule has 1 aliphatic heterocycles. The summed E-state index contributed by atoms with van der Waals surface area (Å²) in [6.07, 6.45) is 2.42. The van der Waals surface area contributed by atoms with Crippen LogP contribution in [0.1, 0.15) is 16.0 Å². The summed E-state index contributed by atoms with van der Waals surface area (Å²) in [5.74, 6) is -0.293. The van der Waals surface area contributed by atoms with Crippen LogP contribution in [0.5, 0.6) is 0 Å². The minimum absolute atomic E-state index is 0. The molecule has 1 aromatic carbocycles. The summed E-state index contributed by atoms with van der Waals surface area (Å²) in [5.41, 5.74) is 1.85. The van der Waals surface area contributed by atoms with Gasteiger partial charge in [-0.05, 0) is 36.2 Å². The van der Waals surface area contributed by atoms with Gasteiger partial charge in [-0.25, -0.2) is 9.37 Å². The largest absolute Gasteiger partial charge is 0.312 e. The molecule has 2 aromatic heterocycles. The molecule has 3 heterocycles. The van der Waals surface area contributed by atoms with Crippen molar-refractivity contribution in [2.24, 2.45) is 0 Å². The fourth-order valence-corrected chi connectivity index (χ4v) is 4.04. The van der Waals surface area contributed by atoms with Gasteiger partial charge in [-0.1, -0.05) is 12.1 Å². The highest BCUT2D eigenvalue weighted by molar-refractivity contribution is 7.18. The van der Waals surface area contributed by atoms with Gasteiger partial charge in [0, 0.05) is 11.4 Å². The van der Waals surface area contributed by atoms with Crippen LogP contribution in [0.2, 0.25) is 0 Å². The zero-order chi connectivity index (χ0) is 15.1. The van der Waals surface area contributed by atoms with Gasteiger partial charge in [-0.3, -0.25) is 9.36 Å². The maximum absolute atomic E-state index is 13.3. The highest BCUT2D eigenvalue weighted by Crippen LogP contribution is 2.29. The Morgan fingerprint density at radius 1 is 1.39 bits per heavy atom. The number of rotatable bonds is 2. The molecule has 1 aliphatic rings. The Balaban J connectivity index is 0.00000156. The molecule has 0 unspecified atom stereocenters. The van der Waals surface area contributed by atoms with Gasteiger partial charge in [-0.15, -0.1) is 23.7 Å². The lowest BCUT2D eigenvalue weighted by Crippen LogP contribution is -2.25. The molecule has 3 aromatic rings. The third kappa shape index (κ3) is 2.89. The van der Waals surface area contributed by atoms with Crippen molar-refractivity contribution in [2.75, 3.05) is 6.54 Å². The SMILES string of the molecule is Cl.O=c1c2c3c(sc2ncn1Cc1cccc(F)c1)CNCC3. The Hall–Kier alpha value is -1.76. The minimum atomic E-state index is -0.293. The average molecular weight is 352 g/mol. The van der Waals surface area contributed by atoms with Crippen molar-refractivity contribution in [2.45, 2.75) is 19.5 Å². The van der Waals surface area contributed by atoms with Gasteiger partial charge in [-0.2, -0.15) is 0 Å². The Morgan fingerprint density at radius 2 is 2.26 bits per heavy atom. The van der Waals surface area contributed by atoms with Crippen molar-refractivity contribution in [3.8, 4) is 0 Å². The number of aromatic nitrogens is 2. The molecule has 0 saturated carbocycles. The Bertz CT molecular complexity index is 921. The van der Waals surface area contributed by atoms with Crippen LogP contribution in [0.15, 0.2) is 35.4 Å². The second-order valence-corrected chi connectivity index (χ2v) is 6.50.